The highest BCUT2D eigenvalue weighted by Gasteiger charge is 2.38. The van der Waals surface area contributed by atoms with Crippen LogP contribution in [0.3, 0.4) is 0 Å². The third-order valence-corrected chi connectivity index (χ3v) is 4.73. The van der Waals surface area contributed by atoms with Crippen molar-refractivity contribution in [3.63, 3.8) is 0 Å². The number of carbonyl (C=O) groups excluding carboxylic acids is 1. The molecule has 140 valence electrons. The zero-order valence-corrected chi connectivity index (χ0v) is 17.6. The Bertz CT molecular complexity index is 616. The number of aromatic nitrogens is 2. The number of nitrogens with one attached hydrogen (secondary N) is 1. The topological polar surface area (TPSA) is 65.8 Å². The van der Waals surface area contributed by atoms with Gasteiger partial charge in [0.25, 0.3) is 0 Å². The van der Waals surface area contributed by atoms with Crippen LogP contribution in [0.1, 0.15) is 33.1 Å². The van der Waals surface area contributed by atoms with Crippen molar-refractivity contribution in [3.8, 4) is 0 Å². The molecule has 2 atom stereocenters. The zero-order chi connectivity index (χ0) is 17.1. The molecule has 8 heteroatoms. The molecule has 2 aliphatic rings. The molecule has 1 aromatic heterocycles. The molecule has 1 saturated heterocycles. The normalized spacial score (nSPS) is 23.5. The van der Waals surface area contributed by atoms with Crippen molar-refractivity contribution in [1.29, 1.82) is 0 Å². The first-order chi connectivity index (χ1) is 11.6. The number of rotatable bonds is 5. The molecule has 0 spiro atoms. The number of piperazine rings is 1. The summed E-state index contributed by atoms with van der Waals surface area (Å²) in [4.78, 5) is 21.1. The predicted molar refractivity (Wildman–Crippen MR) is 110 cm³/mol. The number of anilines is 1. The quantitative estimate of drug-likeness (QED) is 0.414. The number of hydrogen-bond donors (Lipinski definition) is 1. The summed E-state index contributed by atoms with van der Waals surface area (Å²) in [5.74, 6) is 1.76. The fourth-order valence-corrected chi connectivity index (χ4v) is 3.34. The Kier molecular flexibility index (Phi) is 7.09. The van der Waals surface area contributed by atoms with Gasteiger partial charge in [-0.1, -0.05) is 13.3 Å². The lowest BCUT2D eigenvalue weighted by molar-refractivity contribution is -0.120. The van der Waals surface area contributed by atoms with E-state index in [-0.39, 0.29) is 29.9 Å². The molecule has 1 aliphatic carbocycles. The summed E-state index contributed by atoms with van der Waals surface area (Å²) in [7, 11) is 1.86. The smallest absolute Gasteiger partial charge is 0.246 e. The summed E-state index contributed by atoms with van der Waals surface area (Å²) in [5, 5.41) is 7.72. The van der Waals surface area contributed by atoms with Gasteiger partial charge in [-0.25, -0.2) is 0 Å². The highest BCUT2D eigenvalue weighted by molar-refractivity contribution is 14.0. The van der Waals surface area contributed by atoms with Crippen LogP contribution in [0.4, 0.5) is 5.69 Å². The van der Waals surface area contributed by atoms with E-state index in [1.165, 1.54) is 19.3 Å². The Labute approximate surface area is 166 Å². The Balaban J connectivity index is 0.00000225. The summed E-state index contributed by atoms with van der Waals surface area (Å²) < 4.78 is 1.72. The van der Waals surface area contributed by atoms with E-state index >= 15 is 0 Å². The minimum Gasteiger partial charge on any atom is -0.353 e. The van der Waals surface area contributed by atoms with Crippen molar-refractivity contribution in [2.75, 3.05) is 31.1 Å². The summed E-state index contributed by atoms with van der Waals surface area (Å²) in [5.41, 5.74) is 0.870. The molecule has 2 fully saturated rings. The minimum absolute atomic E-state index is 0. The zero-order valence-electron chi connectivity index (χ0n) is 15.3. The van der Waals surface area contributed by atoms with Gasteiger partial charge in [0, 0.05) is 38.9 Å². The lowest BCUT2D eigenvalue weighted by Crippen LogP contribution is -2.55. The second-order valence-corrected chi connectivity index (χ2v) is 6.67. The average molecular weight is 460 g/mol. The third kappa shape index (κ3) is 4.86. The highest BCUT2D eigenvalue weighted by Crippen LogP contribution is 2.34. The van der Waals surface area contributed by atoms with E-state index in [0.717, 1.165) is 30.7 Å². The summed E-state index contributed by atoms with van der Waals surface area (Å²) in [6.45, 7) is 6.81. The van der Waals surface area contributed by atoms with Crippen LogP contribution >= 0.6 is 24.0 Å². The van der Waals surface area contributed by atoms with Gasteiger partial charge in [0.1, 0.15) is 6.54 Å². The average Bonchev–Trinajstić information content (AvgIpc) is 3.14. The lowest BCUT2D eigenvalue weighted by atomic mass is 10.2. The lowest BCUT2D eigenvalue weighted by Gasteiger charge is -2.35. The van der Waals surface area contributed by atoms with Gasteiger partial charge in [-0.3, -0.25) is 14.5 Å². The Morgan fingerprint density at radius 1 is 1.40 bits per heavy atom. The molecule has 0 bridgehead atoms. The van der Waals surface area contributed by atoms with E-state index in [1.807, 2.05) is 25.1 Å². The van der Waals surface area contributed by atoms with Crippen LogP contribution in [-0.4, -0.2) is 58.8 Å². The van der Waals surface area contributed by atoms with E-state index in [9.17, 15) is 4.79 Å². The molecule has 25 heavy (non-hydrogen) atoms. The van der Waals surface area contributed by atoms with Crippen LogP contribution in [-0.2, 0) is 11.8 Å². The van der Waals surface area contributed by atoms with Gasteiger partial charge >= 0.3 is 0 Å². The maximum absolute atomic E-state index is 12.6. The minimum atomic E-state index is 0. The van der Waals surface area contributed by atoms with Gasteiger partial charge in [-0.2, -0.15) is 5.10 Å². The van der Waals surface area contributed by atoms with Crippen LogP contribution in [0, 0.1) is 5.92 Å². The molecule has 1 aromatic rings. The van der Waals surface area contributed by atoms with Crippen molar-refractivity contribution in [2.45, 2.75) is 39.2 Å². The second kappa shape index (κ2) is 8.86. The standard InChI is InChI=1S/C17H28N6O.HI/c1-4-6-13-9-15(13)20-17(18-5-2)22-7-8-23(16(24)12-22)14-10-19-21(3)11-14;/h10-11,13,15H,4-9,12H2,1-3H3,(H,18,20);1H. The van der Waals surface area contributed by atoms with Crippen molar-refractivity contribution in [2.24, 2.45) is 18.0 Å². The summed E-state index contributed by atoms with van der Waals surface area (Å²) >= 11 is 0. The number of aryl methyl sites for hydroxylation is 1. The van der Waals surface area contributed by atoms with Crippen LogP contribution < -0.4 is 10.2 Å². The molecule has 7 nitrogen and oxygen atoms in total. The Morgan fingerprint density at radius 3 is 2.80 bits per heavy atom. The second-order valence-electron chi connectivity index (χ2n) is 6.67. The molecule has 0 aromatic carbocycles. The van der Waals surface area contributed by atoms with E-state index in [1.54, 1.807) is 10.9 Å². The number of halogens is 1. The van der Waals surface area contributed by atoms with Gasteiger partial charge in [0.05, 0.1) is 11.9 Å². The number of aliphatic imine (C=N–C) groups is 1. The summed E-state index contributed by atoms with van der Waals surface area (Å²) in [6.07, 6.45) is 7.34. The molecule has 1 N–H and O–H groups in total. The molecule has 1 amide bonds. The van der Waals surface area contributed by atoms with Crippen molar-refractivity contribution >= 4 is 41.5 Å². The fraction of sp³-hybridized carbons (Fsp3) is 0.706. The van der Waals surface area contributed by atoms with Crippen molar-refractivity contribution in [3.05, 3.63) is 12.4 Å². The van der Waals surface area contributed by atoms with Crippen LogP contribution in [0.5, 0.6) is 0 Å². The number of amides is 1. The first-order valence-corrected chi connectivity index (χ1v) is 8.97. The first-order valence-electron chi connectivity index (χ1n) is 8.97. The van der Waals surface area contributed by atoms with Crippen LogP contribution in [0.15, 0.2) is 17.4 Å². The SMILES string of the molecule is CCCC1CC1NC(=NCC)N1CCN(c2cnn(C)c2)C(=O)C1.I. The maximum Gasteiger partial charge on any atom is 0.246 e. The van der Waals surface area contributed by atoms with Crippen molar-refractivity contribution < 1.29 is 4.79 Å². The van der Waals surface area contributed by atoms with E-state index in [4.69, 9.17) is 0 Å². The van der Waals surface area contributed by atoms with Gasteiger partial charge < -0.3 is 15.1 Å². The Morgan fingerprint density at radius 2 is 2.20 bits per heavy atom. The monoisotopic (exact) mass is 460 g/mol. The van der Waals surface area contributed by atoms with Crippen molar-refractivity contribution in [1.82, 2.24) is 20.0 Å². The molecular formula is C17H29IN6O. The number of nitrogens with zero attached hydrogens (tertiary/aromatic N) is 5. The molecule has 2 heterocycles. The van der Waals surface area contributed by atoms with Gasteiger partial charge in [-0.15, -0.1) is 24.0 Å². The maximum atomic E-state index is 12.6. The van der Waals surface area contributed by atoms with Gasteiger partial charge in [0.15, 0.2) is 5.96 Å². The molecule has 1 aliphatic heterocycles. The molecule has 0 radical (unpaired) electrons. The summed E-state index contributed by atoms with van der Waals surface area (Å²) in [6, 6.07) is 0.529. The predicted octanol–water partition coefficient (Wildman–Crippen LogP) is 1.84. The number of carbonyl (C=O) groups is 1. The van der Waals surface area contributed by atoms with Crippen LogP contribution in [0.25, 0.3) is 0 Å². The largest absolute Gasteiger partial charge is 0.353 e. The van der Waals surface area contributed by atoms with Gasteiger partial charge in [0.2, 0.25) is 5.91 Å². The van der Waals surface area contributed by atoms with Crippen LogP contribution in [0.2, 0.25) is 0 Å². The molecule has 3 rings (SSSR count). The molecular weight excluding hydrogens is 431 g/mol. The highest BCUT2D eigenvalue weighted by atomic mass is 127. The van der Waals surface area contributed by atoms with Gasteiger partial charge in [-0.05, 0) is 25.7 Å². The Hall–Kier alpha value is -1.32. The number of hydrogen-bond acceptors (Lipinski definition) is 3. The fourth-order valence-electron chi connectivity index (χ4n) is 3.34. The molecule has 1 saturated carbocycles. The van der Waals surface area contributed by atoms with E-state index in [2.05, 4.69) is 27.2 Å². The first kappa shape index (κ1) is 20.0. The molecule has 2 unspecified atom stereocenters. The van der Waals surface area contributed by atoms with E-state index in [0.29, 0.717) is 19.1 Å². The van der Waals surface area contributed by atoms with E-state index < -0.39 is 0 Å². The third-order valence-electron chi connectivity index (χ3n) is 4.73. The number of guanidine groups is 1.